The Balaban J connectivity index is 5.02. The maximum Gasteiger partial charge on any atom is 0.293 e. The van der Waals surface area contributed by atoms with Crippen LogP contribution in [0, 0.1) is 16.0 Å². The molecule has 0 radical (unpaired) electrons. The molecule has 0 aromatic carbocycles. The van der Waals surface area contributed by atoms with Crippen molar-refractivity contribution < 1.29 is 29.8 Å². The smallest absolute Gasteiger partial charge is 0.293 e. The van der Waals surface area contributed by atoms with Gasteiger partial charge in [0, 0.05) is 17.3 Å². The van der Waals surface area contributed by atoms with Crippen LogP contribution < -0.4 is 0 Å². The van der Waals surface area contributed by atoms with Crippen LogP contribution in [-0.2, 0) is 9.59 Å². The van der Waals surface area contributed by atoms with E-state index in [1.54, 1.807) is 0 Å². The Kier molecular flexibility index (Phi) is 6.47. The number of carbonyl (C=O) groups excluding carboxylic acids is 2. The van der Waals surface area contributed by atoms with Gasteiger partial charge in [0.05, 0.1) is 0 Å². The third kappa shape index (κ3) is 3.29. The molecule has 0 aliphatic rings. The summed E-state index contributed by atoms with van der Waals surface area (Å²) in [5.41, 5.74) is -2.39. The number of rotatable bonds is 9. The third-order valence-electron chi connectivity index (χ3n) is 2.66. The van der Waals surface area contributed by atoms with Gasteiger partial charge in [-0.05, 0) is 6.42 Å². The Hall–Kier alpha value is -1.38. The molecule has 0 heterocycles. The van der Waals surface area contributed by atoms with Gasteiger partial charge in [0.25, 0.3) is 5.54 Å². The second-order valence-corrected chi connectivity index (χ2v) is 3.67. The van der Waals surface area contributed by atoms with Gasteiger partial charge in [0.15, 0.2) is 0 Å². The predicted octanol–water partition coefficient (Wildman–Crippen LogP) is -1.86. The van der Waals surface area contributed by atoms with Gasteiger partial charge < -0.3 is 24.9 Å². The van der Waals surface area contributed by atoms with E-state index in [1.165, 1.54) is 0 Å². The van der Waals surface area contributed by atoms with Crippen molar-refractivity contribution in [3.8, 4) is 0 Å². The first-order chi connectivity index (χ1) is 7.99. The lowest BCUT2D eigenvalue weighted by atomic mass is 9.84. The Morgan fingerprint density at radius 2 is 1.82 bits per heavy atom. The molecule has 0 fully saturated rings. The Bertz CT molecular complexity index is 277. The normalized spacial score (nSPS) is 15.0. The van der Waals surface area contributed by atoms with Crippen LogP contribution in [0.2, 0.25) is 0 Å². The maximum absolute atomic E-state index is 10.8. The number of hydrogen-bond donors (Lipinski definition) is 3. The van der Waals surface area contributed by atoms with E-state index < -0.39 is 35.7 Å². The summed E-state index contributed by atoms with van der Waals surface area (Å²) in [6, 6.07) is 0. The van der Waals surface area contributed by atoms with E-state index in [-0.39, 0.29) is 19.1 Å². The molecule has 0 aromatic heterocycles. The van der Waals surface area contributed by atoms with Gasteiger partial charge in [-0.25, -0.2) is 0 Å². The van der Waals surface area contributed by atoms with Gasteiger partial charge in [-0.1, -0.05) is 0 Å². The summed E-state index contributed by atoms with van der Waals surface area (Å²) in [7, 11) is 0. The fourth-order valence-corrected chi connectivity index (χ4v) is 1.42. The molecule has 0 spiro atoms. The molecule has 8 heteroatoms. The molecule has 98 valence electrons. The van der Waals surface area contributed by atoms with Crippen LogP contribution in [0.25, 0.3) is 0 Å². The second-order valence-electron chi connectivity index (χ2n) is 3.67. The largest absolute Gasteiger partial charge is 0.389 e. The van der Waals surface area contributed by atoms with Crippen molar-refractivity contribution in [3.05, 3.63) is 10.1 Å². The molecule has 0 bridgehead atoms. The lowest BCUT2D eigenvalue weighted by Crippen LogP contribution is -2.58. The van der Waals surface area contributed by atoms with Crippen LogP contribution in [0.15, 0.2) is 0 Å². The molecule has 8 nitrogen and oxygen atoms in total. The van der Waals surface area contributed by atoms with Crippen molar-refractivity contribution in [2.24, 2.45) is 5.92 Å². The van der Waals surface area contributed by atoms with Crippen LogP contribution in [0.3, 0.4) is 0 Å². The summed E-state index contributed by atoms with van der Waals surface area (Å²) in [5.74, 6) is -1.19. The Morgan fingerprint density at radius 1 is 1.29 bits per heavy atom. The average Bonchev–Trinajstić information content (AvgIpc) is 2.32. The lowest BCUT2D eigenvalue weighted by Gasteiger charge is -2.29. The maximum atomic E-state index is 10.8. The number of hydrogen-bond acceptors (Lipinski definition) is 7. The van der Waals surface area contributed by atoms with Gasteiger partial charge in [-0.15, -0.1) is 0 Å². The van der Waals surface area contributed by atoms with Gasteiger partial charge in [0.2, 0.25) is 0 Å². The molecule has 17 heavy (non-hydrogen) atoms. The number of aldehydes is 2. The summed E-state index contributed by atoms with van der Waals surface area (Å²) >= 11 is 0. The van der Waals surface area contributed by atoms with Gasteiger partial charge in [-0.3, -0.25) is 10.1 Å². The zero-order valence-electron chi connectivity index (χ0n) is 9.06. The van der Waals surface area contributed by atoms with E-state index >= 15 is 0 Å². The van der Waals surface area contributed by atoms with Crippen molar-refractivity contribution in [1.29, 1.82) is 0 Å². The molecule has 0 aliphatic heterocycles. The van der Waals surface area contributed by atoms with Gasteiger partial charge in [0.1, 0.15) is 31.9 Å². The SMILES string of the molecule is O=CCCC(C=O)C(O)C(CO)(CO)[N+](=O)[O-]. The third-order valence-corrected chi connectivity index (χ3v) is 2.66. The molecular weight excluding hydrogens is 234 g/mol. The fourth-order valence-electron chi connectivity index (χ4n) is 1.42. The van der Waals surface area contributed by atoms with E-state index in [0.29, 0.717) is 6.29 Å². The first-order valence-corrected chi connectivity index (χ1v) is 4.93. The number of nitrogens with zero attached hydrogens (tertiary/aromatic N) is 1. The minimum atomic E-state index is -2.39. The molecule has 0 amide bonds. The average molecular weight is 249 g/mol. The highest BCUT2D eigenvalue weighted by molar-refractivity contribution is 5.57. The Morgan fingerprint density at radius 3 is 2.12 bits per heavy atom. The molecule has 2 atom stereocenters. The zero-order chi connectivity index (χ0) is 13.5. The highest BCUT2D eigenvalue weighted by Crippen LogP contribution is 2.23. The first-order valence-electron chi connectivity index (χ1n) is 4.93. The second kappa shape index (κ2) is 7.05. The molecule has 0 aromatic rings. The first kappa shape index (κ1) is 15.6. The van der Waals surface area contributed by atoms with Crippen LogP contribution in [0.1, 0.15) is 12.8 Å². The molecule has 0 saturated heterocycles. The standard InChI is InChI=1S/C9H15NO7/c11-3-1-2-7(4-12)8(15)9(5-13,6-14)10(16)17/h3-4,7-8,13-15H,1-2,5-6H2. The molecule has 0 rings (SSSR count). The van der Waals surface area contributed by atoms with Crippen LogP contribution in [0.4, 0.5) is 0 Å². The van der Waals surface area contributed by atoms with Crippen LogP contribution in [0.5, 0.6) is 0 Å². The number of aliphatic hydroxyl groups excluding tert-OH is 3. The van der Waals surface area contributed by atoms with E-state index in [0.717, 1.165) is 0 Å². The van der Waals surface area contributed by atoms with E-state index in [2.05, 4.69) is 0 Å². The summed E-state index contributed by atoms with van der Waals surface area (Å²) in [5, 5.41) is 38.3. The Labute approximate surface area is 97.0 Å². The van der Waals surface area contributed by atoms with Gasteiger partial charge >= 0.3 is 0 Å². The molecule has 3 N–H and O–H groups in total. The van der Waals surface area contributed by atoms with Crippen molar-refractivity contribution in [3.63, 3.8) is 0 Å². The van der Waals surface area contributed by atoms with Crippen molar-refractivity contribution in [2.45, 2.75) is 24.5 Å². The highest BCUT2D eigenvalue weighted by Gasteiger charge is 2.52. The predicted molar refractivity (Wildman–Crippen MR) is 54.8 cm³/mol. The number of aliphatic hydroxyl groups is 3. The quantitative estimate of drug-likeness (QED) is 0.247. The monoisotopic (exact) mass is 249 g/mol. The summed E-state index contributed by atoms with van der Waals surface area (Å²) in [6.07, 6.45) is -1.20. The molecule has 2 unspecified atom stereocenters. The van der Waals surface area contributed by atoms with Crippen molar-refractivity contribution in [2.75, 3.05) is 13.2 Å². The topological polar surface area (TPSA) is 138 Å². The minimum Gasteiger partial charge on any atom is -0.389 e. The summed E-state index contributed by atoms with van der Waals surface area (Å²) in [4.78, 5) is 30.6. The molecule has 0 saturated carbocycles. The number of carbonyl (C=O) groups is 2. The zero-order valence-corrected chi connectivity index (χ0v) is 9.06. The van der Waals surface area contributed by atoms with Crippen molar-refractivity contribution >= 4 is 12.6 Å². The van der Waals surface area contributed by atoms with Crippen molar-refractivity contribution in [1.82, 2.24) is 0 Å². The van der Waals surface area contributed by atoms with Crippen LogP contribution in [-0.4, -0.2) is 57.7 Å². The molecular formula is C9H15NO7. The van der Waals surface area contributed by atoms with Gasteiger partial charge in [-0.2, -0.15) is 0 Å². The summed E-state index contributed by atoms with van der Waals surface area (Å²) < 4.78 is 0. The highest BCUT2D eigenvalue weighted by atomic mass is 16.6. The van der Waals surface area contributed by atoms with E-state index in [1.807, 2.05) is 0 Å². The molecule has 0 aliphatic carbocycles. The summed E-state index contributed by atoms with van der Waals surface area (Å²) in [6.45, 7) is -2.22. The van der Waals surface area contributed by atoms with Crippen LogP contribution >= 0.6 is 0 Å². The van der Waals surface area contributed by atoms with E-state index in [4.69, 9.17) is 10.2 Å². The number of nitro groups is 1. The fraction of sp³-hybridized carbons (Fsp3) is 0.778. The minimum absolute atomic E-state index is 0.0505. The lowest BCUT2D eigenvalue weighted by molar-refractivity contribution is -0.591. The van der Waals surface area contributed by atoms with E-state index in [9.17, 15) is 24.8 Å².